The monoisotopic (exact) mass is 280 g/mol. The van der Waals surface area contributed by atoms with Gasteiger partial charge in [0.1, 0.15) is 0 Å². The van der Waals surface area contributed by atoms with Gasteiger partial charge in [0.2, 0.25) is 0 Å². The van der Waals surface area contributed by atoms with Gasteiger partial charge in [-0.25, -0.2) is 0 Å². The van der Waals surface area contributed by atoms with Gasteiger partial charge in [-0.05, 0) is 19.4 Å². The molecular formula is C16H28N2O2. The van der Waals surface area contributed by atoms with Crippen LogP contribution in [0.4, 0.5) is 0 Å². The fourth-order valence-corrected chi connectivity index (χ4v) is 2.23. The lowest BCUT2D eigenvalue weighted by atomic mass is 9.99. The number of rotatable bonds is 9. The van der Waals surface area contributed by atoms with Crippen LogP contribution in [0.25, 0.3) is 0 Å². The Balaban J connectivity index is 2.70. The second-order valence-electron chi connectivity index (χ2n) is 5.20. The van der Waals surface area contributed by atoms with E-state index in [0.717, 1.165) is 13.1 Å². The van der Waals surface area contributed by atoms with Gasteiger partial charge in [0.25, 0.3) is 0 Å². The van der Waals surface area contributed by atoms with Gasteiger partial charge in [0.15, 0.2) is 0 Å². The summed E-state index contributed by atoms with van der Waals surface area (Å²) in [6.07, 6.45) is 0. The molecule has 0 saturated heterocycles. The van der Waals surface area contributed by atoms with Gasteiger partial charge in [-0.15, -0.1) is 0 Å². The third-order valence-corrected chi connectivity index (χ3v) is 3.72. The molecule has 1 rings (SSSR count). The van der Waals surface area contributed by atoms with Crippen LogP contribution < -0.4 is 5.73 Å². The van der Waals surface area contributed by atoms with Crippen molar-refractivity contribution in [2.24, 2.45) is 5.73 Å². The summed E-state index contributed by atoms with van der Waals surface area (Å²) in [7, 11) is 3.44. The molecule has 0 radical (unpaired) electrons. The molecule has 20 heavy (non-hydrogen) atoms. The molecule has 0 saturated carbocycles. The predicted molar refractivity (Wildman–Crippen MR) is 82.9 cm³/mol. The minimum atomic E-state index is -0.00990. The highest BCUT2D eigenvalue weighted by molar-refractivity contribution is 5.24. The van der Waals surface area contributed by atoms with Crippen LogP contribution in [0, 0.1) is 6.92 Å². The van der Waals surface area contributed by atoms with E-state index in [4.69, 9.17) is 15.2 Å². The first-order chi connectivity index (χ1) is 9.60. The first-order valence-electron chi connectivity index (χ1n) is 7.14. The molecule has 0 aliphatic carbocycles. The van der Waals surface area contributed by atoms with Crippen molar-refractivity contribution in [3.8, 4) is 0 Å². The molecule has 4 nitrogen and oxygen atoms in total. The quantitative estimate of drug-likeness (QED) is 0.751. The van der Waals surface area contributed by atoms with Crippen LogP contribution >= 0.6 is 0 Å². The van der Waals surface area contributed by atoms with E-state index >= 15 is 0 Å². The molecule has 0 spiro atoms. The van der Waals surface area contributed by atoms with Crippen LogP contribution in [-0.2, 0) is 9.47 Å². The van der Waals surface area contributed by atoms with E-state index in [1.165, 1.54) is 11.1 Å². The number of hydrogen-bond acceptors (Lipinski definition) is 4. The number of benzene rings is 1. The number of nitrogens with zero attached hydrogens (tertiary/aromatic N) is 1. The molecule has 1 aromatic rings. The van der Waals surface area contributed by atoms with Crippen LogP contribution in [0.15, 0.2) is 24.3 Å². The zero-order valence-electron chi connectivity index (χ0n) is 13.1. The fourth-order valence-electron chi connectivity index (χ4n) is 2.23. The Morgan fingerprint density at radius 3 is 2.00 bits per heavy atom. The zero-order valence-corrected chi connectivity index (χ0v) is 13.1. The van der Waals surface area contributed by atoms with Crippen molar-refractivity contribution in [3.05, 3.63) is 35.4 Å². The number of ether oxygens (including phenoxy) is 2. The first-order valence-corrected chi connectivity index (χ1v) is 7.14. The lowest BCUT2D eigenvalue weighted by Crippen LogP contribution is -2.44. The zero-order chi connectivity index (χ0) is 15.0. The van der Waals surface area contributed by atoms with E-state index in [0.29, 0.717) is 13.2 Å². The van der Waals surface area contributed by atoms with Crippen molar-refractivity contribution in [3.63, 3.8) is 0 Å². The maximum atomic E-state index is 6.41. The highest BCUT2D eigenvalue weighted by atomic mass is 16.5. The molecule has 0 fully saturated rings. The van der Waals surface area contributed by atoms with Crippen LogP contribution in [-0.4, -0.2) is 51.5 Å². The lowest BCUT2D eigenvalue weighted by molar-refractivity contribution is 0.0841. The third kappa shape index (κ3) is 5.21. The summed E-state index contributed by atoms with van der Waals surface area (Å²) in [5.74, 6) is 0. The van der Waals surface area contributed by atoms with Crippen LogP contribution in [0.2, 0.25) is 0 Å². The first kappa shape index (κ1) is 17.1. The average Bonchev–Trinajstić information content (AvgIpc) is 2.47. The number of methoxy groups -OCH3 is 2. The summed E-state index contributed by atoms with van der Waals surface area (Å²) in [6, 6.07) is 8.67. The van der Waals surface area contributed by atoms with Crippen LogP contribution in [0.5, 0.6) is 0 Å². The highest BCUT2D eigenvalue weighted by Crippen LogP contribution is 2.19. The largest absolute Gasteiger partial charge is 0.383 e. The Labute approximate surface area is 122 Å². The van der Waals surface area contributed by atoms with Gasteiger partial charge in [-0.2, -0.15) is 0 Å². The number of hydrogen-bond donors (Lipinski definition) is 1. The minimum Gasteiger partial charge on any atom is -0.383 e. The molecule has 1 aromatic carbocycles. The second kappa shape index (κ2) is 9.08. The molecule has 2 N–H and O–H groups in total. The maximum Gasteiger partial charge on any atom is 0.0589 e. The van der Waals surface area contributed by atoms with E-state index < -0.39 is 0 Å². The van der Waals surface area contributed by atoms with Gasteiger partial charge < -0.3 is 15.2 Å². The van der Waals surface area contributed by atoms with Crippen LogP contribution in [0.1, 0.15) is 24.1 Å². The van der Waals surface area contributed by atoms with Crippen molar-refractivity contribution in [1.82, 2.24) is 4.90 Å². The Hall–Kier alpha value is -0.940. The van der Waals surface area contributed by atoms with Crippen molar-refractivity contribution < 1.29 is 9.47 Å². The average molecular weight is 280 g/mol. The van der Waals surface area contributed by atoms with Gasteiger partial charge in [0, 0.05) is 39.4 Å². The smallest absolute Gasteiger partial charge is 0.0589 e. The molecule has 0 aliphatic rings. The number of nitrogens with two attached hydrogens (primary N) is 1. The molecule has 0 amide bonds. The third-order valence-electron chi connectivity index (χ3n) is 3.72. The summed E-state index contributed by atoms with van der Waals surface area (Å²) in [5, 5.41) is 0. The molecule has 4 heteroatoms. The van der Waals surface area contributed by atoms with Crippen molar-refractivity contribution in [1.29, 1.82) is 0 Å². The Bertz CT molecular complexity index is 359. The molecule has 2 atom stereocenters. The van der Waals surface area contributed by atoms with Crippen molar-refractivity contribution >= 4 is 0 Å². The molecule has 0 aromatic heterocycles. The van der Waals surface area contributed by atoms with E-state index in [-0.39, 0.29) is 12.1 Å². The summed E-state index contributed by atoms with van der Waals surface area (Å²) in [4.78, 5) is 2.32. The van der Waals surface area contributed by atoms with Gasteiger partial charge >= 0.3 is 0 Å². The molecule has 114 valence electrons. The highest BCUT2D eigenvalue weighted by Gasteiger charge is 2.21. The molecule has 2 unspecified atom stereocenters. The van der Waals surface area contributed by atoms with Gasteiger partial charge in [-0.1, -0.05) is 29.8 Å². The van der Waals surface area contributed by atoms with Gasteiger partial charge in [-0.3, -0.25) is 4.90 Å². The maximum absolute atomic E-state index is 6.41. The Kier molecular flexibility index (Phi) is 7.77. The fraction of sp³-hybridized carbons (Fsp3) is 0.625. The van der Waals surface area contributed by atoms with E-state index in [9.17, 15) is 0 Å². The Morgan fingerprint density at radius 2 is 1.55 bits per heavy atom. The van der Waals surface area contributed by atoms with E-state index in [2.05, 4.69) is 43.0 Å². The van der Waals surface area contributed by atoms with Crippen molar-refractivity contribution in [2.75, 3.05) is 40.5 Å². The standard InChI is InChI=1S/C16H28N2O2/c1-13-5-7-15(8-6-13)16(17)14(2)18(9-11-19-3)10-12-20-4/h5-8,14,16H,9-12,17H2,1-4H3. The van der Waals surface area contributed by atoms with E-state index in [1.807, 2.05) is 0 Å². The van der Waals surface area contributed by atoms with E-state index in [1.54, 1.807) is 14.2 Å². The van der Waals surface area contributed by atoms with Gasteiger partial charge in [0.05, 0.1) is 13.2 Å². The van der Waals surface area contributed by atoms with Crippen LogP contribution in [0.3, 0.4) is 0 Å². The molecule has 0 bridgehead atoms. The topological polar surface area (TPSA) is 47.7 Å². The second-order valence-corrected chi connectivity index (χ2v) is 5.20. The molecule has 0 heterocycles. The summed E-state index contributed by atoms with van der Waals surface area (Å²) >= 11 is 0. The number of aryl methyl sites for hydroxylation is 1. The minimum absolute atomic E-state index is 0.00990. The summed E-state index contributed by atoms with van der Waals surface area (Å²) in [6.45, 7) is 7.38. The molecular weight excluding hydrogens is 252 g/mol. The normalized spacial score (nSPS) is 14.5. The summed E-state index contributed by atoms with van der Waals surface area (Å²) < 4.78 is 10.4. The summed E-state index contributed by atoms with van der Waals surface area (Å²) in [5.41, 5.74) is 8.83. The van der Waals surface area contributed by atoms with Crippen molar-refractivity contribution in [2.45, 2.75) is 25.9 Å². The lowest BCUT2D eigenvalue weighted by Gasteiger charge is -2.33. The molecule has 0 aliphatic heterocycles. The SMILES string of the molecule is COCCN(CCOC)C(C)C(N)c1ccc(C)cc1. The predicted octanol–water partition coefficient (Wildman–Crippen LogP) is 1.98. The Morgan fingerprint density at radius 1 is 1.05 bits per heavy atom.